The van der Waals surface area contributed by atoms with Gasteiger partial charge in [-0.1, -0.05) is 0 Å². The van der Waals surface area contributed by atoms with Crippen molar-refractivity contribution < 1.29 is 23.1 Å². The van der Waals surface area contributed by atoms with Crippen LogP contribution in [0.3, 0.4) is 0 Å². The van der Waals surface area contributed by atoms with Gasteiger partial charge in [-0.15, -0.1) is 0 Å². The number of urea groups is 1. The zero-order valence-electron chi connectivity index (χ0n) is 14.9. The van der Waals surface area contributed by atoms with Crippen LogP contribution in [-0.2, 0) is 4.79 Å². The number of amides is 3. The minimum atomic E-state index is -0.710. The molecule has 1 saturated heterocycles. The number of aryl methyl sites for hydroxylation is 1. The van der Waals surface area contributed by atoms with E-state index in [0.29, 0.717) is 24.2 Å². The summed E-state index contributed by atoms with van der Waals surface area (Å²) in [7, 11) is 1.35. The first-order valence-electron chi connectivity index (χ1n) is 8.37. The van der Waals surface area contributed by atoms with Crippen molar-refractivity contribution in [2.75, 3.05) is 23.9 Å². The van der Waals surface area contributed by atoms with Gasteiger partial charge in [-0.3, -0.25) is 4.79 Å². The maximum Gasteiger partial charge on any atom is 0.319 e. The lowest BCUT2D eigenvalue weighted by Gasteiger charge is -2.18. The standard InChI is InChI=1S/C19H19F2N3O3/c1-11-9-13(4-5-14(11)20)24-8-7-16(18(24)25)23-19(26)22-12-3-6-17(27-2)15(21)10-12/h3-6,9-10,16H,7-8H2,1-2H3,(H2,22,23,26)/t16-/m1/s1. The molecule has 6 nitrogen and oxygen atoms in total. The van der Waals surface area contributed by atoms with E-state index >= 15 is 0 Å². The molecule has 2 aromatic rings. The molecular formula is C19H19F2N3O3. The van der Waals surface area contributed by atoms with Crippen LogP contribution >= 0.6 is 0 Å². The molecule has 0 spiro atoms. The highest BCUT2D eigenvalue weighted by Crippen LogP contribution is 2.24. The van der Waals surface area contributed by atoms with E-state index in [1.54, 1.807) is 13.0 Å². The number of methoxy groups -OCH3 is 1. The smallest absolute Gasteiger partial charge is 0.319 e. The summed E-state index contributed by atoms with van der Waals surface area (Å²) in [5.41, 5.74) is 1.26. The highest BCUT2D eigenvalue weighted by Gasteiger charge is 2.33. The SMILES string of the molecule is COc1ccc(NC(=O)N[C@@H]2CCN(c3ccc(F)c(C)c3)C2=O)cc1F. The van der Waals surface area contributed by atoms with Gasteiger partial charge in [-0.05, 0) is 49.2 Å². The summed E-state index contributed by atoms with van der Waals surface area (Å²) in [6, 6.07) is 7.12. The van der Waals surface area contributed by atoms with Crippen molar-refractivity contribution in [3.63, 3.8) is 0 Å². The van der Waals surface area contributed by atoms with Crippen LogP contribution in [0.5, 0.6) is 5.75 Å². The van der Waals surface area contributed by atoms with E-state index < -0.39 is 17.9 Å². The lowest BCUT2D eigenvalue weighted by molar-refractivity contribution is -0.118. The molecular weight excluding hydrogens is 356 g/mol. The van der Waals surface area contributed by atoms with Crippen molar-refractivity contribution >= 4 is 23.3 Å². The lowest BCUT2D eigenvalue weighted by atomic mass is 10.2. The van der Waals surface area contributed by atoms with Crippen molar-refractivity contribution in [1.82, 2.24) is 5.32 Å². The van der Waals surface area contributed by atoms with Crippen LogP contribution in [0.1, 0.15) is 12.0 Å². The van der Waals surface area contributed by atoms with Crippen LogP contribution < -0.4 is 20.3 Å². The molecule has 27 heavy (non-hydrogen) atoms. The highest BCUT2D eigenvalue weighted by atomic mass is 19.1. The molecule has 0 radical (unpaired) electrons. The zero-order valence-corrected chi connectivity index (χ0v) is 14.9. The molecule has 3 rings (SSSR count). The number of benzene rings is 2. The van der Waals surface area contributed by atoms with Crippen LogP contribution in [0, 0.1) is 18.6 Å². The van der Waals surface area contributed by atoms with E-state index in [-0.39, 0.29) is 23.2 Å². The Kier molecular flexibility index (Phi) is 5.25. The van der Waals surface area contributed by atoms with Crippen molar-refractivity contribution in [3.8, 4) is 5.75 Å². The van der Waals surface area contributed by atoms with Gasteiger partial charge in [0.05, 0.1) is 7.11 Å². The second-order valence-electron chi connectivity index (χ2n) is 6.21. The number of hydrogen-bond acceptors (Lipinski definition) is 3. The summed E-state index contributed by atoms with van der Waals surface area (Å²) in [6.07, 6.45) is 0.416. The Labute approximate surface area is 155 Å². The van der Waals surface area contributed by atoms with E-state index in [1.165, 1.54) is 36.3 Å². The van der Waals surface area contributed by atoms with E-state index in [2.05, 4.69) is 10.6 Å². The van der Waals surface area contributed by atoms with Crippen LogP contribution in [0.15, 0.2) is 36.4 Å². The maximum atomic E-state index is 13.7. The molecule has 2 aromatic carbocycles. The van der Waals surface area contributed by atoms with Gasteiger partial charge in [-0.2, -0.15) is 0 Å². The maximum absolute atomic E-state index is 13.7. The molecule has 8 heteroatoms. The Bertz CT molecular complexity index is 888. The lowest BCUT2D eigenvalue weighted by Crippen LogP contribution is -2.43. The quantitative estimate of drug-likeness (QED) is 0.862. The minimum absolute atomic E-state index is 0.0668. The summed E-state index contributed by atoms with van der Waals surface area (Å²) >= 11 is 0. The van der Waals surface area contributed by atoms with Gasteiger partial charge in [-0.25, -0.2) is 13.6 Å². The Balaban J connectivity index is 1.62. The van der Waals surface area contributed by atoms with Crippen molar-refractivity contribution in [1.29, 1.82) is 0 Å². The van der Waals surface area contributed by atoms with Crippen molar-refractivity contribution in [3.05, 3.63) is 53.6 Å². The van der Waals surface area contributed by atoms with Gasteiger partial charge >= 0.3 is 6.03 Å². The fourth-order valence-corrected chi connectivity index (χ4v) is 2.94. The molecule has 1 atom stereocenters. The molecule has 1 heterocycles. The molecule has 0 aliphatic carbocycles. The molecule has 0 unspecified atom stereocenters. The number of carbonyl (C=O) groups excluding carboxylic acids is 2. The summed E-state index contributed by atoms with van der Waals surface area (Å²) in [5.74, 6) is -1.16. The van der Waals surface area contributed by atoms with Gasteiger partial charge in [0, 0.05) is 24.0 Å². The third-order valence-electron chi connectivity index (χ3n) is 4.37. The summed E-state index contributed by atoms with van der Waals surface area (Å²) in [5, 5.41) is 5.07. The summed E-state index contributed by atoms with van der Waals surface area (Å²) in [6.45, 7) is 2.03. The molecule has 0 saturated carbocycles. The fourth-order valence-electron chi connectivity index (χ4n) is 2.94. The monoisotopic (exact) mass is 375 g/mol. The van der Waals surface area contributed by atoms with Crippen LogP contribution in [0.25, 0.3) is 0 Å². The predicted octanol–water partition coefficient (Wildman–Crippen LogP) is 3.21. The second-order valence-corrected chi connectivity index (χ2v) is 6.21. The van der Waals surface area contributed by atoms with Gasteiger partial charge in [0.15, 0.2) is 11.6 Å². The van der Waals surface area contributed by atoms with E-state index in [4.69, 9.17) is 4.74 Å². The van der Waals surface area contributed by atoms with Crippen molar-refractivity contribution in [2.24, 2.45) is 0 Å². The highest BCUT2D eigenvalue weighted by molar-refractivity contribution is 6.02. The van der Waals surface area contributed by atoms with Gasteiger partial charge in [0.1, 0.15) is 11.9 Å². The first-order valence-corrected chi connectivity index (χ1v) is 8.37. The van der Waals surface area contributed by atoms with Gasteiger partial charge in [0.25, 0.3) is 0 Å². The normalized spacial score (nSPS) is 16.4. The van der Waals surface area contributed by atoms with Crippen LogP contribution in [0.2, 0.25) is 0 Å². The van der Waals surface area contributed by atoms with Crippen LogP contribution in [0.4, 0.5) is 25.0 Å². The molecule has 1 fully saturated rings. The Morgan fingerprint density at radius 1 is 1.19 bits per heavy atom. The van der Waals surface area contributed by atoms with Crippen molar-refractivity contribution in [2.45, 2.75) is 19.4 Å². The molecule has 0 aromatic heterocycles. The summed E-state index contributed by atoms with van der Waals surface area (Å²) in [4.78, 5) is 26.2. The fraction of sp³-hybridized carbons (Fsp3) is 0.263. The number of nitrogens with one attached hydrogen (secondary N) is 2. The Morgan fingerprint density at radius 3 is 2.63 bits per heavy atom. The number of hydrogen-bond donors (Lipinski definition) is 2. The molecule has 142 valence electrons. The zero-order chi connectivity index (χ0) is 19.6. The predicted molar refractivity (Wildman–Crippen MR) is 97.0 cm³/mol. The molecule has 1 aliphatic rings. The molecule has 0 bridgehead atoms. The number of halogens is 2. The number of carbonyl (C=O) groups is 2. The third kappa shape index (κ3) is 3.99. The summed E-state index contributed by atoms with van der Waals surface area (Å²) < 4.78 is 31.9. The third-order valence-corrected chi connectivity index (χ3v) is 4.37. The first kappa shape index (κ1) is 18.6. The number of rotatable bonds is 4. The number of ether oxygens (including phenoxy) is 1. The topological polar surface area (TPSA) is 70.7 Å². The average Bonchev–Trinajstić information content (AvgIpc) is 2.98. The van der Waals surface area contributed by atoms with E-state index in [9.17, 15) is 18.4 Å². The van der Waals surface area contributed by atoms with Gasteiger partial charge < -0.3 is 20.3 Å². The molecule has 1 aliphatic heterocycles. The molecule has 2 N–H and O–H groups in total. The minimum Gasteiger partial charge on any atom is -0.494 e. The van der Waals surface area contributed by atoms with E-state index in [0.717, 1.165) is 6.07 Å². The largest absolute Gasteiger partial charge is 0.494 e. The molecule has 3 amide bonds. The van der Waals surface area contributed by atoms with Crippen LogP contribution in [-0.4, -0.2) is 31.6 Å². The first-order chi connectivity index (χ1) is 12.9. The number of nitrogens with zero attached hydrogens (tertiary/aromatic N) is 1. The average molecular weight is 375 g/mol. The van der Waals surface area contributed by atoms with E-state index in [1.807, 2.05) is 0 Å². The Morgan fingerprint density at radius 2 is 1.96 bits per heavy atom. The number of anilines is 2. The Hall–Kier alpha value is -3.16. The van der Waals surface area contributed by atoms with Gasteiger partial charge in [0.2, 0.25) is 5.91 Å². The second kappa shape index (κ2) is 7.61.